The lowest BCUT2D eigenvalue weighted by molar-refractivity contribution is -0.141. The number of rotatable bonds is 5. The summed E-state index contributed by atoms with van der Waals surface area (Å²) in [4.78, 5) is 9.43. The van der Waals surface area contributed by atoms with Crippen LogP contribution in [0.25, 0.3) is 0 Å². The van der Waals surface area contributed by atoms with Gasteiger partial charge in [-0.3, -0.25) is 0 Å². The molecule has 1 N–H and O–H groups in total. The molecule has 0 saturated carbocycles. The molecule has 1 fully saturated rings. The van der Waals surface area contributed by atoms with Gasteiger partial charge in [-0.1, -0.05) is 0 Å². The van der Waals surface area contributed by atoms with E-state index in [1.807, 2.05) is 12.1 Å². The average Bonchev–Trinajstić information content (AvgIpc) is 2.67. The molecule has 1 aromatic carbocycles. The van der Waals surface area contributed by atoms with Gasteiger partial charge in [-0.15, -0.1) is 0 Å². The van der Waals surface area contributed by atoms with Crippen molar-refractivity contribution < 1.29 is 22.6 Å². The first-order valence-corrected chi connectivity index (χ1v) is 8.54. The number of anilines is 2. The van der Waals surface area contributed by atoms with Crippen LogP contribution in [0.3, 0.4) is 0 Å². The summed E-state index contributed by atoms with van der Waals surface area (Å²) >= 11 is 0. The van der Waals surface area contributed by atoms with Gasteiger partial charge in [-0.25, -0.2) is 9.97 Å². The zero-order chi connectivity index (χ0) is 19.4. The predicted octanol–water partition coefficient (Wildman–Crippen LogP) is 3.59. The first-order chi connectivity index (χ1) is 12.9. The van der Waals surface area contributed by atoms with E-state index >= 15 is 0 Å². The van der Waals surface area contributed by atoms with Gasteiger partial charge in [0, 0.05) is 49.2 Å². The van der Waals surface area contributed by atoms with Crippen molar-refractivity contribution in [3.8, 4) is 11.5 Å². The Kier molecular flexibility index (Phi) is 5.57. The summed E-state index contributed by atoms with van der Waals surface area (Å²) in [6.45, 7) is 1.14. The quantitative estimate of drug-likeness (QED) is 0.853. The average molecular weight is 382 g/mol. The first-order valence-electron chi connectivity index (χ1n) is 8.54. The van der Waals surface area contributed by atoms with Crippen LogP contribution in [0.2, 0.25) is 0 Å². The largest absolute Gasteiger partial charge is 0.497 e. The van der Waals surface area contributed by atoms with Crippen LogP contribution in [-0.4, -0.2) is 43.3 Å². The second-order valence-electron chi connectivity index (χ2n) is 6.25. The number of benzene rings is 1. The van der Waals surface area contributed by atoms with Gasteiger partial charge in [0.2, 0.25) is 5.95 Å². The molecule has 1 aliphatic heterocycles. The van der Waals surface area contributed by atoms with Gasteiger partial charge in [-0.2, -0.15) is 13.2 Å². The van der Waals surface area contributed by atoms with Gasteiger partial charge < -0.3 is 19.7 Å². The Hall–Kier alpha value is -2.71. The zero-order valence-electron chi connectivity index (χ0n) is 15.1. The van der Waals surface area contributed by atoms with E-state index in [1.165, 1.54) is 0 Å². The second-order valence-corrected chi connectivity index (χ2v) is 6.25. The van der Waals surface area contributed by atoms with Crippen molar-refractivity contribution >= 4 is 11.6 Å². The minimum absolute atomic E-state index is 0.117. The van der Waals surface area contributed by atoms with Crippen molar-refractivity contribution in [1.29, 1.82) is 0 Å². The number of nitrogens with zero attached hydrogens (tertiary/aromatic N) is 3. The Morgan fingerprint density at radius 1 is 1.07 bits per heavy atom. The van der Waals surface area contributed by atoms with E-state index in [9.17, 15) is 13.2 Å². The van der Waals surface area contributed by atoms with Gasteiger partial charge in [0.25, 0.3) is 0 Å². The summed E-state index contributed by atoms with van der Waals surface area (Å²) in [5.74, 6) is 1.49. The first kappa shape index (κ1) is 19.1. The summed E-state index contributed by atoms with van der Waals surface area (Å²) in [5, 5.41) is 3.43. The van der Waals surface area contributed by atoms with E-state index in [4.69, 9.17) is 9.47 Å². The Balaban J connectivity index is 1.63. The predicted molar refractivity (Wildman–Crippen MR) is 95.4 cm³/mol. The highest BCUT2D eigenvalue weighted by atomic mass is 19.4. The molecule has 0 aliphatic carbocycles. The summed E-state index contributed by atoms with van der Waals surface area (Å²) in [6.07, 6.45) is -1.82. The van der Waals surface area contributed by atoms with Crippen molar-refractivity contribution in [3.05, 3.63) is 36.2 Å². The van der Waals surface area contributed by atoms with E-state index in [-0.39, 0.29) is 12.0 Å². The lowest BCUT2D eigenvalue weighted by Gasteiger charge is -2.33. The third-order valence-electron chi connectivity index (χ3n) is 4.43. The molecule has 0 atom stereocenters. The maximum Gasteiger partial charge on any atom is 0.433 e. The lowest BCUT2D eigenvalue weighted by atomic mass is 10.0. The van der Waals surface area contributed by atoms with Crippen LogP contribution >= 0.6 is 0 Å². The molecular weight excluding hydrogens is 361 g/mol. The van der Waals surface area contributed by atoms with E-state index in [2.05, 4.69) is 15.3 Å². The smallest absolute Gasteiger partial charge is 0.433 e. The van der Waals surface area contributed by atoms with Crippen LogP contribution in [0.15, 0.2) is 30.5 Å². The van der Waals surface area contributed by atoms with Crippen LogP contribution in [0.1, 0.15) is 18.5 Å². The Morgan fingerprint density at radius 2 is 1.70 bits per heavy atom. The molecule has 0 unspecified atom stereocenters. The van der Waals surface area contributed by atoms with Crippen LogP contribution in [0.5, 0.6) is 11.5 Å². The standard InChI is InChI=1S/C18H21F3N4O2/c1-26-14-9-13(10-15(11-14)27-2)23-12-4-7-25(8-5-12)17-22-6-3-16(24-17)18(19,20)21/h3,6,9-12,23H,4-5,7-8H2,1-2H3. The van der Waals surface area contributed by atoms with Crippen LogP contribution in [0, 0.1) is 0 Å². The number of hydrogen-bond acceptors (Lipinski definition) is 6. The topological polar surface area (TPSA) is 59.5 Å². The number of aromatic nitrogens is 2. The fourth-order valence-electron chi connectivity index (χ4n) is 3.01. The van der Waals surface area contributed by atoms with Gasteiger partial charge >= 0.3 is 6.18 Å². The van der Waals surface area contributed by atoms with Crippen LogP contribution < -0.4 is 19.7 Å². The third-order valence-corrected chi connectivity index (χ3v) is 4.43. The fraction of sp³-hybridized carbons (Fsp3) is 0.444. The van der Waals surface area contributed by atoms with Gasteiger partial charge in [0.05, 0.1) is 14.2 Å². The molecule has 0 spiro atoms. The molecule has 3 rings (SSSR count). The summed E-state index contributed by atoms with van der Waals surface area (Å²) in [7, 11) is 3.18. The Morgan fingerprint density at radius 3 is 2.26 bits per heavy atom. The number of nitrogens with one attached hydrogen (secondary N) is 1. The highest BCUT2D eigenvalue weighted by Gasteiger charge is 2.33. The van der Waals surface area contributed by atoms with Crippen molar-refractivity contribution in [2.45, 2.75) is 25.1 Å². The van der Waals surface area contributed by atoms with E-state index in [0.717, 1.165) is 30.8 Å². The number of alkyl halides is 3. The third kappa shape index (κ3) is 4.72. The minimum atomic E-state index is -4.47. The van der Waals surface area contributed by atoms with E-state index in [1.54, 1.807) is 25.2 Å². The van der Waals surface area contributed by atoms with Gasteiger partial charge in [0.15, 0.2) is 0 Å². The monoisotopic (exact) mass is 382 g/mol. The molecule has 1 aromatic heterocycles. The van der Waals surface area contributed by atoms with Crippen molar-refractivity contribution in [2.24, 2.45) is 0 Å². The molecule has 27 heavy (non-hydrogen) atoms. The van der Waals surface area contributed by atoms with E-state index in [0.29, 0.717) is 24.6 Å². The number of halogens is 3. The molecule has 0 radical (unpaired) electrons. The highest BCUT2D eigenvalue weighted by Crippen LogP contribution is 2.30. The van der Waals surface area contributed by atoms with Crippen molar-refractivity contribution in [2.75, 3.05) is 37.5 Å². The molecule has 1 saturated heterocycles. The maximum absolute atomic E-state index is 12.8. The molecule has 1 aliphatic rings. The van der Waals surface area contributed by atoms with Crippen LogP contribution in [-0.2, 0) is 6.18 Å². The normalized spacial score (nSPS) is 15.5. The van der Waals surface area contributed by atoms with Gasteiger partial charge in [-0.05, 0) is 18.9 Å². The number of methoxy groups -OCH3 is 2. The summed E-state index contributed by atoms with van der Waals surface area (Å²) in [6, 6.07) is 6.62. The molecule has 9 heteroatoms. The lowest BCUT2D eigenvalue weighted by Crippen LogP contribution is -2.40. The van der Waals surface area contributed by atoms with Crippen molar-refractivity contribution in [3.63, 3.8) is 0 Å². The maximum atomic E-state index is 12.8. The van der Waals surface area contributed by atoms with Gasteiger partial charge in [0.1, 0.15) is 17.2 Å². The number of ether oxygens (including phenoxy) is 2. The zero-order valence-corrected chi connectivity index (χ0v) is 15.1. The fourth-order valence-corrected chi connectivity index (χ4v) is 3.01. The Bertz CT molecular complexity index is 755. The number of piperidine rings is 1. The summed E-state index contributed by atoms with van der Waals surface area (Å²) < 4.78 is 49.0. The van der Waals surface area contributed by atoms with Crippen molar-refractivity contribution in [1.82, 2.24) is 9.97 Å². The molecule has 2 aromatic rings. The number of hydrogen-bond donors (Lipinski definition) is 1. The second kappa shape index (κ2) is 7.89. The Labute approximate surface area is 155 Å². The molecule has 146 valence electrons. The highest BCUT2D eigenvalue weighted by molar-refractivity contribution is 5.54. The SMILES string of the molecule is COc1cc(NC2CCN(c3nccc(C(F)(F)F)n3)CC2)cc(OC)c1. The summed E-state index contributed by atoms with van der Waals surface area (Å²) in [5.41, 5.74) is -0.0452. The molecule has 0 amide bonds. The minimum Gasteiger partial charge on any atom is -0.497 e. The van der Waals surface area contributed by atoms with E-state index < -0.39 is 11.9 Å². The molecular formula is C18H21F3N4O2. The molecule has 2 heterocycles. The molecule has 0 bridgehead atoms. The molecule has 6 nitrogen and oxygen atoms in total. The van der Waals surface area contributed by atoms with Crippen LogP contribution in [0.4, 0.5) is 24.8 Å².